The fourth-order valence-corrected chi connectivity index (χ4v) is 4.40. The number of carboxylic acids is 1. The maximum absolute atomic E-state index is 11.3. The summed E-state index contributed by atoms with van der Waals surface area (Å²) in [7, 11) is 0. The first-order valence-electron chi connectivity index (χ1n) is 11.8. The van der Waals surface area contributed by atoms with Gasteiger partial charge in [-0.2, -0.15) is 17.0 Å². The second kappa shape index (κ2) is 14.5. The van der Waals surface area contributed by atoms with E-state index in [-0.39, 0.29) is 6.54 Å². The zero-order valence-corrected chi connectivity index (χ0v) is 22.1. The fourth-order valence-electron chi connectivity index (χ4n) is 3.75. The average Bonchev–Trinajstić information content (AvgIpc) is 2.91. The van der Waals surface area contributed by atoms with Gasteiger partial charge in [-0.05, 0) is 52.8 Å². The number of aliphatic carboxylic acids is 1. The van der Waals surface area contributed by atoms with Crippen LogP contribution in [0.25, 0.3) is 23.3 Å². The number of nitrogens with one attached hydrogen (secondary N) is 1. The molecule has 0 spiro atoms. The van der Waals surface area contributed by atoms with Gasteiger partial charge in [0.2, 0.25) is 0 Å². The van der Waals surface area contributed by atoms with Crippen LogP contribution in [-0.2, 0) is 11.3 Å². The molecular weight excluding hydrogens is 508 g/mol. The Balaban J connectivity index is 1.97. The van der Waals surface area contributed by atoms with Gasteiger partial charge in [0.05, 0.1) is 23.8 Å². The molecule has 0 aliphatic carbocycles. The summed E-state index contributed by atoms with van der Waals surface area (Å²) in [5.74, 6) is 0.358. The number of rotatable bonds is 13. The largest absolute Gasteiger partial charge is 0.492 e. The van der Waals surface area contributed by atoms with E-state index in [0.29, 0.717) is 22.9 Å². The lowest BCUT2D eigenvalue weighted by Gasteiger charge is -2.16. The second-order valence-electron chi connectivity index (χ2n) is 8.21. The molecule has 3 aromatic carbocycles. The maximum atomic E-state index is 11.3. The Morgan fingerprint density at radius 2 is 1.92 bits per heavy atom. The predicted molar refractivity (Wildman–Crippen MR) is 151 cm³/mol. The minimum Gasteiger partial charge on any atom is -0.492 e. The number of hydrogen-bond acceptors (Lipinski definition) is 6. The Bertz CT molecular complexity index is 1270. The minimum atomic E-state index is -1.14. The zero-order valence-electron chi connectivity index (χ0n) is 20.5. The monoisotopic (exact) mass is 536 g/mol. The van der Waals surface area contributed by atoms with Gasteiger partial charge < -0.3 is 14.9 Å². The van der Waals surface area contributed by atoms with Gasteiger partial charge in [-0.25, -0.2) is 0 Å². The molecule has 0 fully saturated rings. The van der Waals surface area contributed by atoms with E-state index in [1.165, 1.54) is 0 Å². The number of benzene rings is 3. The summed E-state index contributed by atoms with van der Waals surface area (Å²) < 4.78 is 5.91. The molecule has 0 heterocycles. The number of aliphatic hydroxyl groups excluding tert-OH is 1. The van der Waals surface area contributed by atoms with E-state index >= 15 is 0 Å². The van der Waals surface area contributed by atoms with E-state index in [1.54, 1.807) is 17.8 Å². The molecule has 1 unspecified atom stereocenters. The molecule has 0 saturated carbocycles. The van der Waals surface area contributed by atoms with E-state index in [2.05, 4.69) is 11.4 Å². The van der Waals surface area contributed by atoms with Crippen LogP contribution in [-0.4, -0.2) is 47.4 Å². The highest BCUT2D eigenvalue weighted by Crippen LogP contribution is 2.31. The Kier molecular flexibility index (Phi) is 11.1. The molecule has 0 aliphatic heterocycles. The molecule has 0 amide bonds. The number of thioether (sulfide) groups is 1. The van der Waals surface area contributed by atoms with Gasteiger partial charge in [-0.3, -0.25) is 10.1 Å². The van der Waals surface area contributed by atoms with Gasteiger partial charge in [0.25, 0.3) is 0 Å². The van der Waals surface area contributed by atoms with Gasteiger partial charge in [-0.1, -0.05) is 72.3 Å². The van der Waals surface area contributed by atoms with Crippen LogP contribution in [0.15, 0.2) is 60.7 Å². The summed E-state index contributed by atoms with van der Waals surface area (Å²) in [6.07, 6.45) is 6.63. The topological polar surface area (TPSA) is 103 Å². The molecule has 37 heavy (non-hydrogen) atoms. The Morgan fingerprint density at radius 1 is 1.16 bits per heavy atom. The van der Waals surface area contributed by atoms with E-state index < -0.39 is 18.6 Å². The lowest BCUT2D eigenvalue weighted by Crippen LogP contribution is -2.39. The van der Waals surface area contributed by atoms with Crippen LogP contribution in [0.2, 0.25) is 5.02 Å². The number of halogens is 1. The van der Waals surface area contributed by atoms with Crippen molar-refractivity contribution in [3.63, 3.8) is 0 Å². The third-order valence-corrected chi connectivity index (χ3v) is 6.69. The quantitative estimate of drug-likeness (QED) is 0.190. The third-order valence-electron chi connectivity index (χ3n) is 5.70. The number of hydrogen-bond donors (Lipinski definition) is 3. The Morgan fingerprint density at radius 3 is 2.59 bits per heavy atom. The number of carboxylic acid groups (broad SMARTS) is 1. The molecule has 0 radical (unpaired) electrons. The summed E-state index contributed by atoms with van der Waals surface area (Å²) in [6.45, 7) is 0.145. The van der Waals surface area contributed by atoms with E-state index in [9.17, 15) is 20.3 Å². The van der Waals surface area contributed by atoms with Crippen molar-refractivity contribution in [1.82, 2.24) is 5.32 Å². The number of ether oxygens (including phenoxy) is 1. The smallest absolute Gasteiger partial charge is 0.323 e. The number of aliphatic hydroxyl groups is 1. The molecule has 192 valence electrons. The fraction of sp³-hybridized carbons (Fsp3) is 0.241. The van der Waals surface area contributed by atoms with Crippen molar-refractivity contribution < 1.29 is 19.7 Å². The highest BCUT2D eigenvalue weighted by Gasteiger charge is 2.17. The normalized spacial score (nSPS) is 11.8. The number of carbonyl (C=O) groups is 1. The first-order valence-corrected chi connectivity index (χ1v) is 13.5. The average molecular weight is 537 g/mol. The summed E-state index contributed by atoms with van der Waals surface area (Å²) in [5, 5.41) is 31.9. The van der Waals surface area contributed by atoms with Crippen molar-refractivity contribution in [3.05, 3.63) is 87.9 Å². The van der Waals surface area contributed by atoms with Crippen LogP contribution in [0.4, 0.5) is 0 Å². The van der Waals surface area contributed by atoms with Crippen LogP contribution >= 0.6 is 23.4 Å². The molecule has 8 heteroatoms. The summed E-state index contributed by atoms with van der Waals surface area (Å²) in [6, 6.07) is 20.2. The predicted octanol–water partition coefficient (Wildman–Crippen LogP) is 5.72. The summed E-state index contributed by atoms with van der Waals surface area (Å²) in [5.41, 5.74) is 4.59. The van der Waals surface area contributed by atoms with Gasteiger partial charge in [0, 0.05) is 12.1 Å². The van der Waals surface area contributed by atoms with Crippen molar-refractivity contribution in [3.8, 4) is 22.9 Å². The van der Waals surface area contributed by atoms with Crippen molar-refractivity contribution in [2.45, 2.75) is 19.0 Å². The first-order chi connectivity index (χ1) is 18.0. The maximum Gasteiger partial charge on any atom is 0.323 e. The van der Waals surface area contributed by atoms with Crippen molar-refractivity contribution in [2.24, 2.45) is 0 Å². The lowest BCUT2D eigenvalue weighted by molar-refractivity contribution is -0.140. The van der Waals surface area contributed by atoms with Crippen molar-refractivity contribution in [2.75, 3.05) is 25.2 Å². The Labute approximate surface area is 226 Å². The molecule has 0 aromatic heterocycles. The zero-order chi connectivity index (χ0) is 26.6. The van der Waals surface area contributed by atoms with Crippen molar-refractivity contribution in [1.29, 1.82) is 5.26 Å². The van der Waals surface area contributed by atoms with E-state index in [4.69, 9.17) is 16.3 Å². The molecule has 1 atom stereocenters. The molecular formula is C29H29ClN2O4S. The van der Waals surface area contributed by atoms with Crippen LogP contribution in [0, 0.1) is 11.3 Å². The molecule has 3 aromatic rings. The van der Waals surface area contributed by atoms with Gasteiger partial charge >= 0.3 is 5.97 Å². The van der Waals surface area contributed by atoms with Crippen molar-refractivity contribution >= 4 is 41.5 Å². The lowest BCUT2D eigenvalue weighted by atomic mass is 9.95. The van der Waals surface area contributed by atoms with Gasteiger partial charge in [0.15, 0.2) is 0 Å². The highest BCUT2D eigenvalue weighted by molar-refractivity contribution is 7.98. The number of nitriles is 1. The van der Waals surface area contributed by atoms with Crippen LogP contribution in [0.5, 0.6) is 5.75 Å². The van der Waals surface area contributed by atoms with Gasteiger partial charge in [0.1, 0.15) is 17.9 Å². The molecule has 6 nitrogen and oxygen atoms in total. The molecule has 0 bridgehead atoms. The van der Waals surface area contributed by atoms with E-state index in [1.807, 2.05) is 73.0 Å². The van der Waals surface area contributed by atoms with E-state index in [0.717, 1.165) is 40.0 Å². The standard InChI is InChI=1S/C29H29ClN2O4S/c1-37-14-6-13-36-28-16-22(23(15-26(28)30)18-32-27(19-33)29(34)35)12-11-21-9-5-10-24(25(21)17-31)20-7-3-2-4-8-20/h2-5,7-12,15-16,27,32-33H,6,13-14,18-19H2,1H3,(H,34,35)/b12-11+. The van der Waals surface area contributed by atoms with Crippen LogP contribution in [0.3, 0.4) is 0 Å². The summed E-state index contributed by atoms with van der Waals surface area (Å²) in [4.78, 5) is 11.3. The number of nitrogens with zero attached hydrogens (tertiary/aromatic N) is 1. The second-order valence-corrected chi connectivity index (χ2v) is 9.60. The first kappa shape index (κ1) is 28.3. The summed E-state index contributed by atoms with van der Waals surface area (Å²) >= 11 is 8.23. The molecule has 0 saturated heterocycles. The van der Waals surface area contributed by atoms with Crippen LogP contribution < -0.4 is 10.1 Å². The molecule has 3 rings (SSSR count). The van der Waals surface area contributed by atoms with Gasteiger partial charge in [-0.15, -0.1) is 0 Å². The molecule has 0 aliphatic rings. The third kappa shape index (κ3) is 7.85. The minimum absolute atomic E-state index is 0.166. The SMILES string of the molecule is CSCCCOc1cc(/C=C/c2cccc(-c3ccccc3)c2C#N)c(CNC(CO)C(=O)O)cc1Cl. The highest BCUT2D eigenvalue weighted by atomic mass is 35.5. The molecule has 3 N–H and O–H groups in total. The van der Waals surface area contributed by atoms with Crippen LogP contribution in [0.1, 0.15) is 28.7 Å². The Hall–Kier alpha value is -3.28.